The van der Waals surface area contributed by atoms with Gasteiger partial charge in [-0.05, 0) is 31.4 Å². The third-order valence-electron chi connectivity index (χ3n) is 2.79. The van der Waals surface area contributed by atoms with Gasteiger partial charge in [-0.3, -0.25) is 0 Å². The number of pyridine rings is 1. The lowest BCUT2D eigenvalue weighted by Gasteiger charge is -2.01. The molecular formula is C13H12N4S. The van der Waals surface area contributed by atoms with Crippen LogP contribution in [-0.2, 0) is 0 Å². The zero-order valence-electron chi connectivity index (χ0n) is 10.2. The summed E-state index contributed by atoms with van der Waals surface area (Å²) in [4.78, 5) is 8.75. The molecule has 0 fully saturated rings. The highest BCUT2D eigenvalue weighted by molar-refractivity contribution is 7.98. The van der Waals surface area contributed by atoms with Crippen molar-refractivity contribution in [2.45, 2.75) is 12.1 Å². The highest BCUT2D eigenvalue weighted by Crippen LogP contribution is 2.27. The number of thioether (sulfide) groups is 1. The molecule has 0 amide bonds. The van der Waals surface area contributed by atoms with Gasteiger partial charge in [-0.2, -0.15) is 5.10 Å². The summed E-state index contributed by atoms with van der Waals surface area (Å²) in [5.74, 6) is 0. The molecule has 3 heterocycles. The van der Waals surface area contributed by atoms with Crippen LogP contribution in [0.3, 0.4) is 0 Å². The molecule has 0 aliphatic heterocycles. The Balaban J connectivity index is 2.27. The van der Waals surface area contributed by atoms with Gasteiger partial charge in [-0.15, -0.1) is 0 Å². The van der Waals surface area contributed by atoms with Crippen molar-refractivity contribution in [3.05, 3.63) is 42.4 Å². The first-order chi connectivity index (χ1) is 8.79. The third-order valence-corrected chi connectivity index (χ3v) is 3.35. The maximum Gasteiger partial charge on any atom is 0.187 e. The fraction of sp³-hybridized carbons (Fsp3) is 0.154. The Labute approximate surface area is 109 Å². The lowest BCUT2D eigenvalue weighted by molar-refractivity contribution is 0.934. The van der Waals surface area contributed by atoms with Gasteiger partial charge in [0.2, 0.25) is 0 Å². The third kappa shape index (κ3) is 1.76. The lowest BCUT2D eigenvalue weighted by atomic mass is 10.1. The Morgan fingerprint density at radius 1 is 1.22 bits per heavy atom. The van der Waals surface area contributed by atoms with Crippen molar-refractivity contribution in [1.82, 2.24) is 19.6 Å². The normalized spacial score (nSPS) is 11.0. The van der Waals surface area contributed by atoms with Crippen molar-refractivity contribution in [3.8, 4) is 11.3 Å². The van der Waals surface area contributed by atoms with Gasteiger partial charge in [0.25, 0.3) is 0 Å². The van der Waals surface area contributed by atoms with Gasteiger partial charge in [0, 0.05) is 18.0 Å². The Hall–Kier alpha value is -1.88. The van der Waals surface area contributed by atoms with Crippen molar-refractivity contribution >= 4 is 17.3 Å². The van der Waals surface area contributed by atoms with E-state index in [1.165, 1.54) is 0 Å². The molecule has 4 nitrogen and oxygen atoms in total. The number of fused-ring (bicyclic) bond motifs is 1. The smallest absolute Gasteiger partial charge is 0.187 e. The maximum absolute atomic E-state index is 4.54. The molecule has 0 spiro atoms. The van der Waals surface area contributed by atoms with E-state index in [-0.39, 0.29) is 0 Å². The molecule has 0 unspecified atom stereocenters. The largest absolute Gasteiger partial charge is 0.240 e. The number of nitrogens with zero attached hydrogens (tertiary/aromatic N) is 4. The van der Waals surface area contributed by atoms with Crippen LogP contribution >= 0.6 is 11.8 Å². The van der Waals surface area contributed by atoms with Crippen LogP contribution < -0.4 is 0 Å². The summed E-state index contributed by atoms with van der Waals surface area (Å²) in [5.41, 5.74) is 4.05. The van der Waals surface area contributed by atoms with E-state index < -0.39 is 0 Å². The van der Waals surface area contributed by atoms with Gasteiger partial charge >= 0.3 is 0 Å². The number of hydrogen-bond acceptors (Lipinski definition) is 4. The van der Waals surface area contributed by atoms with E-state index in [1.54, 1.807) is 18.0 Å². The molecule has 18 heavy (non-hydrogen) atoms. The van der Waals surface area contributed by atoms with Crippen LogP contribution in [0.25, 0.3) is 16.8 Å². The first kappa shape index (κ1) is 11.2. The summed E-state index contributed by atoms with van der Waals surface area (Å²) in [7, 11) is 0. The minimum absolute atomic E-state index is 0.780. The van der Waals surface area contributed by atoms with E-state index in [9.17, 15) is 0 Å². The average Bonchev–Trinajstić information content (AvgIpc) is 2.74. The summed E-state index contributed by atoms with van der Waals surface area (Å²) in [5, 5.41) is 5.27. The van der Waals surface area contributed by atoms with Gasteiger partial charge < -0.3 is 0 Å². The molecule has 0 aliphatic carbocycles. The molecule has 3 aromatic rings. The van der Waals surface area contributed by atoms with Crippen LogP contribution in [0, 0.1) is 6.92 Å². The second-order valence-electron chi connectivity index (χ2n) is 3.92. The van der Waals surface area contributed by atoms with Gasteiger partial charge in [-0.1, -0.05) is 17.8 Å². The Morgan fingerprint density at radius 2 is 2.11 bits per heavy atom. The van der Waals surface area contributed by atoms with Crippen LogP contribution in [0.4, 0.5) is 0 Å². The van der Waals surface area contributed by atoms with Gasteiger partial charge in [0.15, 0.2) is 5.16 Å². The molecule has 3 rings (SSSR count). The highest BCUT2D eigenvalue weighted by Gasteiger charge is 2.12. The molecule has 0 radical (unpaired) electrons. The molecule has 0 bridgehead atoms. The van der Waals surface area contributed by atoms with E-state index in [4.69, 9.17) is 0 Å². The molecule has 0 aromatic carbocycles. The number of aromatic nitrogens is 4. The van der Waals surface area contributed by atoms with E-state index in [0.717, 1.165) is 27.6 Å². The molecular weight excluding hydrogens is 244 g/mol. The number of hydrogen-bond donors (Lipinski definition) is 0. The van der Waals surface area contributed by atoms with Crippen molar-refractivity contribution in [2.24, 2.45) is 0 Å². The topological polar surface area (TPSA) is 43.1 Å². The van der Waals surface area contributed by atoms with Crippen molar-refractivity contribution in [1.29, 1.82) is 0 Å². The molecule has 5 heteroatoms. The summed E-state index contributed by atoms with van der Waals surface area (Å²) < 4.78 is 1.88. The SMILES string of the molecule is CSc1nccc(-c2c(C)nn3ccccc23)n1. The standard InChI is InChI=1S/C13H12N4S/c1-9-12(10-6-7-14-13(15-10)18-2)11-5-3-4-8-17(11)16-9/h3-8H,1-2H3. The van der Waals surface area contributed by atoms with E-state index in [1.807, 2.05) is 42.1 Å². The predicted octanol–water partition coefficient (Wildman–Crippen LogP) is 2.82. The monoisotopic (exact) mass is 256 g/mol. The zero-order valence-corrected chi connectivity index (χ0v) is 11.0. The molecule has 0 saturated heterocycles. The van der Waals surface area contributed by atoms with Crippen LogP contribution in [0.1, 0.15) is 5.69 Å². The summed E-state index contributed by atoms with van der Waals surface area (Å²) in [6.45, 7) is 2.00. The van der Waals surface area contributed by atoms with Gasteiger partial charge in [-0.25, -0.2) is 14.5 Å². The second kappa shape index (κ2) is 4.42. The van der Waals surface area contributed by atoms with Crippen LogP contribution in [0.15, 0.2) is 41.8 Å². The first-order valence-electron chi connectivity index (χ1n) is 5.61. The highest BCUT2D eigenvalue weighted by atomic mass is 32.2. The molecule has 3 aromatic heterocycles. The minimum Gasteiger partial charge on any atom is -0.240 e. The van der Waals surface area contributed by atoms with Crippen LogP contribution in [0.2, 0.25) is 0 Å². The van der Waals surface area contributed by atoms with Crippen LogP contribution in [0.5, 0.6) is 0 Å². The summed E-state index contributed by atoms with van der Waals surface area (Å²) in [6, 6.07) is 7.96. The number of aryl methyl sites for hydroxylation is 1. The van der Waals surface area contributed by atoms with Gasteiger partial charge in [0.05, 0.1) is 16.9 Å². The Bertz CT molecular complexity index is 705. The fourth-order valence-electron chi connectivity index (χ4n) is 2.01. The van der Waals surface area contributed by atoms with Crippen molar-refractivity contribution in [2.75, 3.05) is 6.26 Å². The average molecular weight is 256 g/mol. The van der Waals surface area contributed by atoms with Crippen molar-refractivity contribution in [3.63, 3.8) is 0 Å². The maximum atomic E-state index is 4.54. The zero-order chi connectivity index (χ0) is 12.5. The lowest BCUT2D eigenvalue weighted by Crippen LogP contribution is -1.90. The fourth-order valence-corrected chi connectivity index (χ4v) is 2.37. The van der Waals surface area contributed by atoms with E-state index in [2.05, 4.69) is 21.1 Å². The summed E-state index contributed by atoms with van der Waals surface area (Å²) >= 11 is 1.54. The van der Waals surface area contributed by atoms with Crippen LogP contribution in [-0.4, -0.2) is 25.8 Å². The number of rotatable bonds is 2. The Morgan fingerprint density at radius 3 is 2.94 bits per heavy atom. The van der Waals surface area contributed by atoms with Crippen molar-refractivity contribution < 1.29 is 0 Å². The predicted molar refractivity (Wildman–Crippen MR) is 72.7 cm³/mol. The summed E-state index contributed by atoms with van der Waals surface area (Å²) in [6.07, 6.45) is 5.71. The quantitative estimate of drug-likeness (QED) is 0.522. The molecule has 0 N–H and O–H groups in total. The van der Waals surface area contributed by atoms with E-state index in [0.29, 0.717) is 0 Å². The minimum atomic E-state index is 0.780. The molecule has 90 valence electrons. The van der Waals surface area contributed by atoms with Gasteiger partial charge in [0.1, 0.15) is 0 Å². The first-order valence-corrected chi connectivity index (χ1v) is 6.83. The Kier molecular flexibility index (Phi) is 2.76. The molecule has 0 aliphatic rings. The van der Waals surface area contributed by atoms with E-state index >= 15 is 0 Å². The molecule has 0 atom stereocenters. The molecule has 0 saturated carbocycles. The second-order valence-corrected chi connectivity index (χ2v) is 4.69.